The van der Waals surface area contributed by atoms with Crippen molar-refractivity contribution in [1.82, 2.24) is 20.8 Å². The lowest BCUT2D eigenvalue weighted by Gasteiger charge is -2.22. The maximum absolute atomic E-state index is 11.9. The molecule has 6 nitrogen and oxygen atoms in total. The van der Waals surface area contributed by atoms with Gasteiger partial charge < -0.3 is 15.2 Å². The summed E-state index contributed by atoms with van der Waals surface area (Å²) in [5.74, 6) is 0.592. The van der Waals surface area contributed by atoms with Gasteiger partial charge in [0.25, 0.3) is 0 Å². The first-order chi connectivity index (χ1) is 7.71. The van der Waals surface area contributed by atoms with Crippen LogP contribution in [0.5, 0.6) is 0 Å². The zero-order valence-electron chi connectivity index (χ0n) is 9.32. The fraction of sp³-hybridized carbons (Fsp3) is 0.700. The van der Waals surface area contributed by atoms with E-state index in [1.54, 1.807) is 0 Å². The van der Waals surface area contributed by atoms with E-state index in [0.29, 0.717) is 18.9 Å². The van der Waals surface area contributed by atoms with Gasteiger partial charge in [-0.1, -0.05) is 5.16 Å². The molecular weight excluding hydrogens is 208 g/mol. The van der Waals surface area contributed by atoms with E-state index < -0.39 is 5.54 Å². The Balaban J connectivity index is 1.75. The molecule has 1 amide bonds. The molecule has 1 aromatic rings. The zero-order chi connectivity index (χ0) is 11.4. The largest absolute Gasteiger partial charge is 0.354 e. The fourth-order valence-electron chi connectivity index (χ4n) is 1.87. The predicted molar refractivity (Wildman–Crippen MR) is 56.7 cm³/mol. The van der Waals surface area contributed by atoms with Gasteiger partial charge >= 0.3 is 0 Å². The molecule has 0 aromatic carbocycles. The van der Waals surface area contributed by atoms with E-state index in [-0.39, 0.29) is 5.91 Å². The Morgan fingerprint density at radius 1 is 1.75 bits per heavy atom. The van der Waals surface area contributed by atoms with E-state index in [9.17, 15) is 4.79 Å². The lowest BCUT2D eigenvalue weighted by molar-refractivity contribution is -0.126. The molecule has 0 aliphatic carbocycles. The first-order valence-corrected chi connectivity index (χ1v) is 5.50. The Bertz CT molecular complexity index is 344. The summed E-state index contributed by atoms with van der Waals surface area (Å²) in [6, 6.07) is 0. The van der Waals surface area contributed by atoms with Gasteiger partial charge in [0.1, 0.15) is 0 Å². The van der Waals surface area contributed by atoms with Gasteiger partial charge in [-0.2, -0.15) is 4.98 Å². The van der Waals surface area contributed by atoms with Crippen LogP contribution in [-0.4, -0.2) is 34.7 Å². The minimum absolute atomic E-state index is 0.0458. The number of amides is 1. The molecule has 1 saturated heterocycles. The first-order valence-electron chi connectivity index (χ1n) is 5.50. The summed E-state index contributed by atoms with van der Waals surface area (Å²) >= 11 is 0. The summed E-state index contributed by atoms with van der Waals surface area (Å²) in [6.45, 7) is 3.37. The van der Waals surface area contributed by atoms with Gasteiger partial charge in [0.15, 0.2) is 6.33 Å². The van der Waals surface area contributed by atoms with Gasteiger partial charge in [-0.3, -0.25) is 4.79 Å². The van der Waals surface area contributed by atoms with E-state index >= 15 is 0 Å². The normalized spacial score (nSPS) is 24.6. The Morgan fingerprint density at radius 2 is 2.62 bits per heavy atom. The van der Waals surface area contributed by atoms with Crippen molar-refractivity contribution in [1.29, 1.82) is 0 Å². The Morgan fingerprint density at radius 3 is 3.25 bits per heavy atom. The number of nitrogens with zero attached hydrogens (tertiary/aromatic N) is 2. The van der Waals surface area contributed by atoms with E-state index in [4.69, 9.17) is 4.52 Å². The van der Waals surface area contributed by atoms with Crippen molar-refractivity contribution in [2.24, 2.45) is 0 Å². The van der Waals surface area contributed by atoms with Gasteiger partial charge in [-0.05, 0) is 26.3 Å². The second-order valence-corrected chi connectivity index (χ2v) is 4.20. The maximum atomic E-state index is 11.9. The third-order valence-corrected chi connectivity index (χ3v) is 2.90. The summed E-state index contributed by atoms with van der Waals surface area (Å²) in [4.78, 5) is 15.7. The molecule has 1 fully saturated rings. The van der Waals surface area contributed by atoms with Gasteiger partial charge in [0.05, 0.1) is 5.54 Å². The van der Waals surface area contributed by atoms with Gasteiger partial charge in [-0.25, -0.2) is 0 Å². The molecule has 2 heterocycles. The highest BCUT2D eigenvalue weighted by atomic mass is 16.5. The first kappa shape index (κ1) is 11.1. The minimum atomic E-state index is -0.408. The molecule has 2 rings (SSSR count). The van der Waals surface area contributed by atoms with E-state index in [0.717, 1.165) is 19.4 Å². The highest BCUT2D eigenvalue weighted by Crippen LogP contribution is 2.18. The molecule has 88 valence electrons. The average Bonchev–Trinajstić information content (AvgIpc) is 2.90. The highest BCUT2D eigenvalue weighted by Gasteiger charge is 2.35. The van der Waals surface area contributed by atoms with Crippen molar-refractivity contribution in [3.05, 3.63) is 12.2 Å². The van der Waals surface area contributed by atoms with Crippen LogP contribution in [-0.2, 0) is 11.2 Å². The number of hydrogen-bond acceptors (Lipinski definition) is 5. The minimum Gasteiger partial charge on any atom is -0.354 e. The average molecular weight is 224 g/mol. The monoisotopic (exact) mass is 224 g/mol. The molecule has 0 saturated carbocycles. The SMILES string of the molecule is CC1(C(=O)NCCc2ncno2)CCCN1. The summed E-state index contributed by atoms with van der Waals surface area (Å²) in [5.41, 5.74) is -0.408. The van der Waals surface area contributed by atoms with E-state index in [1.165, 1.54) is 6.33 Å². The molecule has 16 heavy (non-hydrogen) atoms. The number of carbonyl (C=O) groups is 1. The molecule has 1 atom stereocenters. The third-order valence-electron chi connectivity index (χ3n) is 2.90. The van der Waals surface area contributed by atoms with E-state index in [1.807, 2.05) is 6.92 Å². The molecule has 2 N–H and O–H groups in total. The Labute approximate surface area is 93.8 Å². The summed E-state index contributed by atoms with van der Waals surface area (Å²) < 4.78 is 4.84. The lowest BCUT2D eigenvalue weighted by atomic mass is 9.99. The Kier molecular flexibility index (Phi) is 3.19. The number of nitrogens with one attached hydrogen (secondary N) is 2. The van der Waals surface area contributed by atoms with Crippen LogP contribution in [0.15, 0.2) is 10.9 Å². The number of aromatic nitrogens is 2. The maximum Gasteiger partial charge on any atom is 0.240 e. The predicted octanol–water partition coefficient (Wildman–Crippen LogP) is -0.130. The second kappa shape index (κ2) is 4.61. The summed E-state index contributed by atoms with van der Waals surface area (Å²) in [5, 5.41) is 9.59. The van der Waals surface area contributed by atoms with Gasteiger partial charge in [0.2, 0.25) is 11.8 Å². The lowest BCUT2D eigenvalue weighted by Crippen LogP contribution is -2.51. The molecular formula is C10H16N4O2. The number of rotatable bonds is 4. The molecule has 1 unspecified atom stereocenters. The smallest absolute Gasteiger partial charge is 0.240 e. The third kappa shape index (κ3) is 2.38. The highest BCUT2D eigenvalue weighted by molar-refractivity contribution is 5.86. The standard InChI is InChI=1S/C10H16N4O2/c1-10(4-2-5-13-10)9(15)11-6-3-8-12-7-14-16-8/h7,13H,2-6H2,1H3,(H,11,15). The molecule has 1 aliphatic heterocycles. The summed E-state index contributed by atoms with van der Waals surface area (Å²) in [7, 11) is 0. The van der Waals surface area contributed by atoms with Crippen molar-refractivity contribution >= 4 is 5.91 Å². The van der Waals surface area contributed by atoms with Crippen molar-refractivity contribution in [2.75, 3.05) is 13.1 Å². The van der Waals surface area contributed by atoms with Crippen molar-refractivity contribution in [3.8, 4) is 0 Å². The van der Waals surface area contributed by atoms with Crippen LogP contribution in [0, 0.1) is 0 Å². The molecule has 0 radical (unpaired) electrons. The van der Waals surface area contributed by atoms with Crippen LogP contribution in [0.3, 0.4) is 0 Å². The van der Waals surface area contributed by atoms with Crippen molar-refractivity contribution in [3.63, 3.8) is 0 Å². The second-order valence-electron chi connectivity index (χ2n) is 4.20. The van der Waals surface area contributed by atoms with Crippen LogP contribution in [0.4, 0.5) is 0 Å². The van der Waals surface area contributed by atoms with Crippen molar-refractivity contribution < 1.29 is 9.32 Å². The van der Waals surface area contributed by atoms with Crippen LogP contribution < -0.4 is 10.6 Å². The summed E-state index contributed by atoms with van der Waals surface area (Å²) in [6.07, 6.45) is 3.87. The number of hydrogen-bond donors (Lipinski definition) is 2. The van der Waals surface area contributed by atoms with Gasteiger partial charge in [0, 0.05) is 13.0 Å². The van der Waals surface area contributed by atoms with Crippen molar-refractivity contribution in [2.45, 2.75) is 31.7 Å². The van der Waals surface area contributed by atoms with Crippen LogP contribution in [0.25, 0.3) is 0 Å². The molecule has 0 spiro atoms. The zero-order valence-corrected chi connectivity index (χ0v) is 9.32. The number of carbonyl (C=O) groups excluding carboxylic acids is 1. The van der Waals surface area contributed by atoms with Crippen LogP contribution >= 0.6 is 0 Å². The molecule has 0 bridgehead atoms. The Hall–Kier alpha value is -1.43. The molecule has 6 heteroatoms. The fourth-order valence-corrected chi connectivity index (χ4v) is 1.87. The van der Waals surface area contributed by atoms with Crippen LogP contribution in [0.2, 0.25) is 0 Å². The topological polar surface area (TPSA) is 80.1 Å². The van der Waals surface area contributed by atoms with Crippen LogP contribution in [0.1, 0.15) is 25.7 Å². The molecule has 1 aromatic heterocycles. The quantitative estimate of drug-likeness (QED) is 0.744. The van der Waals surface area contributed by atoms with Gasteiger partial charge in [-0.15, -0.1) is 0 Å². The van der Waals surface area contributed by atoms with E-state index in [2.05, 4.69) is 20.8 Å². The molecule has 1 aliphatic rings.